The zero-order valence-electron chi connectivity index (χ0n) is 8.48. The summed E-state index contributed by atoms with van der Waals surface area (Å²) < 4.78 is 49.5. The third-order valence-corrected chi connectivity index (χ3v) is 2.53. The maximum atomic E-state index is 13.1. The number of hydrogen-bond donors (Lipinski definition) is 0. The average molecular weight is 300 g/mol. The van der Waals surface area contributed by atoms with Gasteiger partial charge >= 0.3 is 6.18 Å². The maximum Gasteiger partial charge on any atom is 0.401 e. The molecule has 0 heterocycles. The van der Waals surface area contributed by atoms with Gasteiger partial charge in [-0.2, -0.15) is 13.2 Å². The standard InChI is InChI=1S/C10H10BrF4N/c1-16(6-10(13,14)15)5-7-2-3-8(11)9(12)4-7/h2-4H,5-6H2,1H3. The van der Waals surface area contributed by atoms with Gasteiger partial charge in [-0.1, -0.05) is 6.07 Å². The monoisotopic (exact) mass is 299 g/mol. The van der Waals surface area contributed by atoms with Gasteiger partial charge in [0.05, 0.1) is 11.0 Å². The van der Waals surface area contributed by atoms with Crippen LogP contribution in [0.1, 0.15) is 5.56 Å². The molecular weight excluding hydrogens is 290 g/mol. The fraction of sp³-hybridized carbons (Fsp3) is 0.400. The molecule has 0 aromatic heterocycles. The molecule has 0 aliphatic heterocycles. The molecule has 0 saturated heterocycles. The summed E-state index contributed by atoms with van der Waals surface area (Å²) >= 11 is 2.98. The van der Waals surface area contributed by atoms with E-state index < -0.39 is 18.5 Å². The Morgan fingerprint density at radius 1 is 1.31 bits per heavy atom. The molecule has 0 aliphatic rings. The molecule has 90 valence electrons. The third-order valence-electron chi connectivity index (χ3n) is 1.89. The third kappa shape index (κ3) is 4.49. The highest BCUT2D eigenvalue weighted by Gasteiger charge is 2.29. The van der Waals surface area contributed by atoms with Crippen LogP contribution in [0.4, 0.5) is 17.6 Å². The first-order valence-corrected chi connectivity index (χ1v) is 5.26. The van der Waals surface area contributed by atoms with E-state index in [1.54, 1.807) is 6.07 Å². The van der Waals surface area contributed by atoms with Crippen LogP contribution in [-0.2, 0) is 6.54 Å². The van der Waals surface area contributed by atoms with Gasteiger partial charge in [-0.3, -0.25) is 4.90 Å². The van der Waals surface area contributed by atoms with Crippen LogP contribution >= 0.6 is 15.9 Å². The number of rotatable bonds is 3. The Labute approximate surface area is 99.2 Å². The molecule has 1 aromatic rings. The van der Waals surface area contributed by atoms with E-state index in [9.17, 15) is 17.6 Å². The quantitative estimate of drug-likeness (QED) is 0.771. The Hall–Kier alpha value is -0.620. The van der Waals surface area contributed by atoms with Gasteiger partial charge in [0.25, 0.3) is 0 Å². The molecule has 0 spiro atoms. The van der Waals surface area contributed by atoms with Gasteiger partial charge in [0.1, 0.15) is 5.82 Å². The van der Waals surface area contributed by atoms with Crippen LogP contribution in [0.5, 0.6) is 0 Å². The molecule has 1 nitrogen and oxygen atoms in total. The van der Waals surface area contributed by atoms with Gasteiger partial charge in [-0.15, -0.1) is 0 Å². The summed E-state index contributed by atoms with van der Waals surface area (Å²) in [6, 6.07) is 4.28. The highest BCUT2D eigenvalue weighted by molar-refractivity contribution is 9.10. The van der Waals surface area contributed by atoms with Crippen LogP contribution in [0.25, 0.3) is 0 Å². The molecule has 0 unspecified atom stereocenters. The molecule has 1 rings (SSSR count). The van der Waals surface area contributed by atoms with Crippen LogP contribution in [0.15, 0.2) is 22.7 Å². The highest BCUT2D eigenvalue weighted by Crippen LogP contribution is 2.19. The van der Waals surface area contributed by atoms with Crippen LogP contribution in [0.3, 0.4) is 0 Å². The lowest BCUT2D eigenvalue weighted by Crippen LogP contribution is -2.30. The molecule has 0 aliphatic carbocycles. The van der Waals surface area contributed by atoms with Crippen LogP contribution in [0.2, 0.25) is 0 Å². The number of hydrogen-bond acceptors (Lipinski definition) is 1. The lowest BCUT2D eigenvalue weighted by atomic mass is 10.2. The van der Waals surface area contributed by atoms with Crippen molar-refractivity contribution < 1.29 is 17.6 Å². The Balaban J connectivity index is 2.63. The molecule has 16 heavy (non-hydrogen) atoms. The molecule has 0 atom stereocenters. The van der Waals surface area contributed by atoms with Crippen molar-refractivity contribution in [1.82, 2.24) is 4.90 Å². The first-order chi connectivity index (χ1) is 7.28. The number of alkyl halides is 3. The zero-order valence-corrected chi connectivity index (χ0v) is 10.1. The lowest BCUT2D eigenvalue weighted by molar-refractivity contribution is -0.144. The Morgan fingerprint density at radius 3 is 2.44 bits per heavy atom. The minimum atomic E-state index is -4.23. The summed E-state index contributed by atoms with van der Waals surface area (Å²) in [7, 11) is 1.34. The Bertz CT molecular complexity index is 364. The molecule has 6 heteroatoms. The van der Waals surface area contributed by atoms with Gasteiger partial charge in [0.15, 0.2) is 0 Å². The fourth-order valence-corrected chi connectivity index (χ4v) is 1.56. The van der Waals surface area contributed by atoms with E-state index in [0.29, 0.717) is 10.0 Å². The molecule has 0 amide bonds. The SMILES string of the molecule is CN(Cc1ccc(Br)c(F)c1)CC(F)(F)F. The van der Waals surface area contributed by atoms with Crippen LogP contribution < -0.4 is 0 Å². The minimum Gasteiger partial charge on any atom is -0.294 e. The van der Waals surface area contributed by atoms with E-state index in [2.05, 4.69) is 15.9 Å². The van der Waals surface area contributed by atoms with Crippen molar-refractivity contribution in [2.24, 2.45) is 0 Å². The summed E-state index contributed by atoms with van der Waals surface area (Å²) in [5.41, 5.74) is 0.507. The maximum absolute atomic E-state index is 13.1. The van der Waals surface area contributed by atoms with E-state index >= 15 is 0 Å². The van der Waals surface area contributed by atoms with E-state index in [-0.39, 0.29) is 6.54 Å². The molecule has 0 N–H and O–H groups in total. The van der Waals surface area contributed by atoms with Crippen molar-refractivity contribution in [2.75, 3.05) is 13.6 Å². The second-order valence-corrected chi connectivity index (χ2v) is 4.39. The fourth-order valence-electron chi connectivity index (χ4n) is 1.31. The number of nitrogens with zero attached hydrogens (tertiary/aromatic N) is 1. The van der Waals surface area contributed by atoms with Crippen molar-refractivity contribution in [3.63, 3.8) is 0 Å². The van der Waals surface area contributed by atoms with E-state index in [1.165, 1.54) is 19.2 Å². The Morgan fingerprint density at radius 2 is 1.94 bits per heavy atom. The summed E-state index contributed by atoms with van der Waals surface area (Å²) in [4.78, 5) is 1.09. The molecule has 0 radical (unpaired) electrons. The van der Waals surface area contributed by atoms with Crippen molar-refractivity contribution in [3.8, 4) is 0 Å². The van der Waals surface area contributed by atoms with Crippen molar-refractivity contribution in [3.05, 3.63) is 34.1 Å². The number of halogens is 5. The molecular formula is C10H10BrF4N. The van der Waals surface area contributed by atoms with Gasteiger partial charge in [0, 0.05) is 6.54 Å². The van der Waals surface area contributed by atoms with Crippen molar-refractivity contribution in [1.29, 1.82) is 0 Å². The second-order valence-electron chi connectivity index (χ2n) is 3.54. The van der Waals surface area contributed by atoms with Gasteiger partial charge in [-0.25, -0.2) is 4.39 Å². The zero-order chi connectivity index (χ0) is 12.3. The topological polar surface area (TPSA) is 3.24 Å². The predicted molar refractivity (Wildman–Crippen MR) is 56.5 cm³/mol. The van der Waals surface area contributed by atoms with E-state index in [1.807, 2.05) is 0 Å². The second kappa shape index (κ2) is 5.14. The predicted octanol–water partition coefficient (Wildman–Crippen LogP) is 3.58. The summed E-state index contributed by atoms with van der Waals surface area (Å²) in [5.74, 6) is -0.474. The summed E-state index contributed by atoms with van der Waals surface area (Å²) in [6.45, 7) is -0.950. The first-order valence-electron chi connectivity index (χ1n) is 4.47. The normalized spacial score (nSPS) is 12.2. The van der Waals surface area contributed by atoms with E-state index in [0.717, 1.165) is 4.90 Å². The largest absolute Gasteiger partial charge is 0.401 e. The molecule has 0 saturated carbocycles. The van der Waals surface area contributed by atoms with Crippen LogP contribution in [-0.4, -0.2) is 24.7 Å². The van der Waals surface area contributed by atoms with Crippen molar-refractivity contribution >= 4 is 15.9 Å². The van der Waals surface area contributed by atoms with E-state index in [4.69, 9.17) is 0 Å². The minimum absolute atomic E-state index is 0.0592. The molecule has 0 bridgehead atoms. The molecule has 1 aromatic carbocycles. The average Bonchev–Trinajstić information content (AvgIpc) is 2.08. The lowest BCUT2D eigenvalue weighted by Gasteiger charge is -2.18. The summed E-state index contributed by atoms with van der Waals surface area (Å²) in [6.07, 6.45) is -4.23. The van der Waals surface area contributed by atoms with Crippen molar-refractivity contribution in [2.45, 2.75) is 12.7 Å². The van der Waals surface area contributed by atoms with Crippen LogP contribution in [0, 0.1) is 5.82 Å². The first kappa shape index (κ1) is 13.4. The summed E-state index contributed by atoms with van der Waals surface area (Å²) in [5, 5.41) is 0. The van der Waals surface area contributed by atoms with Gasteiger partial charge in [0.2, 0.25) is 0 Å². The van der Waals surface area contributed by atoms with Gasteiger partial charge < -0.3 is 0 Å². The molecule has 0 fully saturated rings. The Kier molecular flexibility index (Phi) is 4.32. The van der Waals surface area contributed by atoms with Gasteiger partial charge in [-0.05, 0) is 40.7 Å². The smallest absolute Gasteiger partial charge is 0.294 e. The highest BCUT2D eigenvalue weighted by atomic mass is 79.9. The number of benzene rings is 1.